The Kier molecular flexibility index (Phi) is 250. The van der Waals surface area contributed by atoms with Crippen molar-refractivity contribution >= 4 is 43.5 Å². The molecule has 0 spiro atoms. The van der Waals surface area contributed by atoms with Crippen LogP contribution in [0, 0.1) is 0 Å². The maximum absolute atomic E-state index is 8.81. The van der Waals surface area contributed by atoms with Gasteiger partial charge in [0.2, 0.25) is 0 Å². The maximum Gasteiger partial charge on any atom is 0.116 e. The van der Waals surface area contributed by atoms with E-state index in [-0.39, 0.29) is 37.2 Å². The van der Waals surface area contributed by atoms with E-state index >= 15 is 0 Å². The summed E-state index contributed by atoms with van der Waals surface area (Å²) < 4.78 is 0. The van der Waals surface area contributed by atoms with Gasteiger partial charge in [0, 0.05) is 0 Å². The molecule has 0 saturated heterocycles. The second-order valence-corrected chi connectivity index (χ2v) is 0.236. The van der Waals surface area contributed by atoms with E-state index in [2.05, 4.69) is 0 Å². The predicted octanol–water partition coefficient (Wildman–Crippen LogP) is 1.47. The average molecular weight is 153 g/mol. The van der Waals surface area contributed by atoms with Gasteiger partial charge in [-0.3, -0.25) is 0 Å². The van der Waals surface area contributed by atoms with Gasteiger partial charge >= 0.3 is 0 Å². The van der Waals surface area contributed by atoms with Crippen LogP contribution in [0.4, 0.5) is 0 Å². The molecule has 0 aromatic rings. The van der Waals surface area contributed by atoms with Crippen molar-refractivity contribution in [3.05, 3.63) is 0 Å². The van der Waals surface area contributed by atoms with Crippen LogP contribution in [0.1, 0.15) is 6.92 Å². The number of halogens is 3. The normalized spacial score (nSPS) is 2.17. The monoisotopic (exact) mass is 152 g/mol. The summed E-state index contributed by atoms with van der Waals surface area (Å²) in [6, 6.07) is 0. The number of carbonyl (C=O) groups excluding carboxylic acids is 1. The Morgan fingerprint density at radius 1 is 1.17 bits per heavy atom. The second kappa shape index (κ2) is 48.1. The third kappa shape index (κ3) is 195. The van der Waals surface area contributed by atoms with Gasteiger partial charge in [0.15, 0.2) is 0 Å². The molecule has 0 aromatic heterocycles. The Balaban J connectivity index is -0.00000000667. The van der Waals surface area contributed by atoms with E-state index in [1.54, 1.807) is 0 Å². The molecule has 0 aliphatic carbocycles. The van der Waals surface area contributed by atoms with Crippen LogP contribution in [-0.4, -0.2) is 6.29 Å². The standard InChI is InChI=1S/C2H4O.3ClH/c1-2-3;;;/h2H,1H3;3*1H. The molecule has 6 heavy (non-hydrogen) atoms. The van der Waals surface area contributed by atoms with Gasteiger partial charge < -0.3 is 4.79 Å². The largest absolute Gasteiger partial charge is 0.304 e. The van der Waals surface area contributed by atoms with Gasteiger partial charge in [-0.1, -0.05) is 0 Å². The summed E-state index contributed by atoms with van der Waals surface area (Å²) >= 11 is 0. The number of carbonyl (C=O) groups is 1. The Labute approximate surface area is 55.7 Å². The van der Waals surface area contributed by atoms with Crippen LogP contribution in [0.5, 0.6) is 0 Å². The summed E-state index contributed by atoms with van der Waals surface area (Å²) in [6.07, 6.45) is 0.750. The molecule has 0 N–H and O–H groups in total. The third-order valence-electron chi connectivity index (χ3n) is 0. The molecule has 0 aliphatic heterocycles. The van der Waals surface area contributed by atoms with Crippen molar-refractivity contribution in [2.75, 3.05) is 0 Å². The summed E-state index contributed by atoms with van der Waals surface area (Å²) in [5.74, 6) is 0. The summed E-state index contributed by atoms with van der Waals surface area (Å²) in [5.41, 5.74) is 0. The van der Waals surface area contributed by atoms with E-state index in [0.29, 0.717) is 0 Å². The predicted molar refractivity (Wildman–Crippen MR) is 33.5 cm³/mol. The first-order valence-corrected chi connectivity index (χ1v) is 0.813. The summed E-state index contributed by atoms with van der Waals surface area (Å²) in [7, 11) is 0. The summed E-state index contributed by atoms with van der Waals surface area (Å²) in [6.45, 7) is 1.44. The Hall–Kier alpha value is 0.540. The quantitative estimate of drug-likeness (QED) is 0.482. The topological polar surface area (TPSA) is 17.1 Å². The highest BCUT2D eigenvalue weighted by atomic mass is 35.5. The van der Waals surface area contributed by atoms with Crippen molar-refractivity contribution in [3.63, 3.8) is 0 Å². The Morgan fingerprint density at radius 3 is 1.17 bits per heavy atom. The molecule has 0 bridgehead atoms. The second-order valence-electron chi connectivity index (χ2n) is 0.236. The SMILES string of the molecule is CC=O.Cl.Cl.Cl. The zero-order valence-corrected chi connectivity index (χ0v) is 5.66. The van der Waals surface area contributed by atoms with Crippen LogP contribution in [0.15, 0.2) is 0 Å². The lowest BCUT2D eigenvalue weighted by Gasteiger charge is -1.23. The molecule has 0 atom stereocenters. The van der Waals surface area contributed by atoms with Crippen LogP contribution in [-0.2, 0) is 4.79 Å². The van der Waals surface area contributed by atoms with Crippen LogP contribution in [0.25, 0.3) is 0 Å². The molecule has 0 fully saturated rings. The first kappa shape index (κ1) is 31.1. The van der Waals surface area contributed by atoms with Crippen molar-refractivity contribution in [1.29, 1.82) is 0 Å². The molecule has 0 amide bonds. The van der Waals surface area contributed by atoms with Crippen LogP contribution in [0.2, 0.25) is 0 Å². The van der Waals surface area contributed by atoms with E-state index in [9.17, 15) is 0 Å². The van der Waals surface area contributed by atoms with Gasteiger partial charge in [-0.25, -0.2) is 0 Å². The Morgan fingerprint density at radius 2 is 1.17 bits per heavy atom. The molecule has 0 unspecified atom stereocenters. The fraction of sp³-hybridized carbons (Fsp3) is 0.500. The van der Waals surface area contributed by atoms with Gasteiger partial charge in [0.1, 0.15) is 6.29 Å². The molecule has 42 valence electrons. The van der Waals surface area contributed by atoms with Gasteiger partial charge in [0.25, 0.3) is 0 Å². The van der Waals surface area contributed by atoms with Gasteiger partial charge in [-0.05, 0) is 6.92 Å². The lowest BCUT2D eigenvalue weighted by Crippen LogP contribution is -1.36. The molecular weight excluding hydrogens is 146 g/mol. The fourth-order valence-corrected chi connectivity index (χ4v) is 0. The van der Waals surface area contributed by atoms with Crippen LogP contribution < -0.4 is 0 Å². The molecule has 4 heteroatoms. The molecule has 0 rings (SSSR count). The minimum atomic E-state index is 0. The lowest BCUT2D eigenvalue weighted by molar-refractivity contribution is -0.106. The van der Waals surface area contributed by atoms with Crippen molar-refractivity contribution in [2.45, 2.75) is 6.92 Å². The van der Waals surface area contributed by atoms with Crippen molar-refractivity contribution in [1.82, 2.24) is 0 Å². The molecule has 0 aromatic carbocycles. The molecule has 0 saturated carbocycles. The highest BCUT2D eigenvalue weighted by Gasteiger charge is 1.24. The highest BCUT2D eigenvalue weighted by Crippen LogP contribution is 1.13. The smallest absolute Gasteiger partial charge is 0.116 e. The van der Waals surface area contributed by atoms with Gasteiger partial charge in [-0.15, -0.1) is 37.2 Å². The number of rotatable bonds is 0. The van der Waals surface area contributed by atoms with E-state index in [0.717, 1.165) is 6.29 Å². The zero-order chi connectivity index (χ0) is 2.71. The summed E-state index contributed by atoms with van der Waals surface area (Å²) in [4.78, 5) is 8.81. The summed E-state index contributed by atoms with van der Waals surface area (Å²) in [5, 5.41) is 0. The number of hydrogen-bond acceptors (Lipinski definition) is 1. The molecule has 0 radical (unpaired) electrons. The first-order valence-electron chi connectivity index (χ1n) is 0.813. The minimum Gasteiger partial charge on any atom is -0.304 e. The lowest BCUT2D eigenvalue weighted by atomic mass is 11.0. The van der Waals surface area contributed by atoms with Crippen LogP contribution >= 0.6 is 37.2 Å². The van der Waals surface area contributed by atoms with Crippen LogP contribution in [0.3, 0.4) is 0 Å². The van der Waals surface area contributed by atoms with Crippen molar-refractivity contribution in [3.8, 4) is 0 Å². The maximum atomic E-state index is 8.81. The first-order chi connectivity index (χ1) is 1.41. The Bertz CT molecular complexity index is 16.3. The van der Waals surface area contributed by atoms with Crippen molar-refractivity contribution in [2.24, 2.45) is 0 Å². The van der Waals surface area contributed by atoms with Gasteiger partial charge in [0.05, 0.1) is 0 Å². The molecule has 0 heterocycles. The third-order valence-corrected chi connectivity index (χ3v) is 0. The highest BCUT2D eigenvalue weighted by molar-refractivity contribution is 5.86. The van der Waals surface area contributed by atoms with E-state index in [1.807, 2.05) is 0 Å². The van der Waals surface area contributed by atoms with Crippen molar-refractivity contribution < 1.29 is 4.79 Å². The molecule has 0 aliphatic rings. The average Bonchev–Trinajstić information content (AvgIpc) is 0.918. The minimum absolute atomic E-state index is 0. The van der Waals surface area contributed by atoms with E-state index < -0.39 is 0 Å². The number of aldehydes is 1. The van der Waals surface area contributed by atoms with Gasteiger partial charge in [-0.2, -0.15) is 0 Å². The molecule has 1 nitrogen and oxygen atoms in total. The van der Waals surface area contributed by atoms with E-state index in [1.165, 1.54) is 6.92 Å². The molecular formula is C2H7Cl3O. The zero-order valence-electron chi connectivity index (χ0n) is 3.21. The van der Waals surface area contributed by atoms with E-state index in [4.69, 9.17) is 4.79 Å². The fourth-order valence-electron chi connectivity index (χ4n) is 0. The number of hydrogen-bond donors (Lipinski definition) is 0.